The van der Waals surface area contributed by atoms with Gasteiger partial charge in [0.15, 0.2) is 0 Å². The molecule has 2 saturated heterocycles. The maximum Gasteiger partial charge on any atom is 0.0639 e. The molecule has 0 amide bonds. The molecule has 0 saturated carbocycles. The number of hydrogen-bond acceptors (Lipinski definition) is 3. The third-order valence-corrected chi connectivity index (χ3v) is 4.29. The van der Waals surface area contributed by atoms with Gasteiger partial charge in [-0.25, -0.2) is 0 Å². The van der Waals surface area contributed by atoms with Gasteiger partial charge in [-0.05, 0) is 44.9 Å². The van der Waals surface area contributed by atoms with Crippen LogP contribution in [-0.2, 0) is 9.47 Å². The molecule has 0 aromatic carbocycles. The van der Waals surface area contributed by atoms with Crippen LogP contribution in [0.25, 0.3) is 0 Å². The zero-order valence-corrected chi connectivity index (χ0v) is 12.3. The molecule has 2 aliphatic heterocycles. The fourth-order valence-electron chi connectivity index (χ4n) is 3.50. The summed E-state index contributed by atoms with van der Waals surface area (Å²) in [6.45, 7) is 10.9. The average molecular weight is 255 g/mol. The standard InChI is InChI=1S/C15H29NO2/c1-10(2)15-13(5-6-17-15)9-16-14-7-11(3)18-12(4)8-14/h10-16H,5-9H2,1-4H3/t11?,12?,13-,14?,15-/m1/s1. The highest BCUT2D eigenvalue weighted by molar-refractivity contribution is 4.84. The minimum absolute atomic E-state index is 0.395. The molecule has 18 heavy (non-hydrogen) atoms. The highest BCUT2D eigenvalue weighted by Gasteiger charge is 2.32. The largest absolute Gasteiger partial charge is 0.378 e. The van der Waals surface area contributed by atoms with E-state index in [1.54, 1.807) is 0 Å². The van der Waals surface area contributed by atoms with Crippen molar-refractivity contribution in [1.82, 2.24) is 5.32 Å². The lowest BCUT2D eigenvalue weighted by Gasteiger charge is -2.34. The van der Waals surface area contributed by atoms with Gasteiger partial charge in [-0.15, -0.1) is 0 Å². The van der Waals surface area contributed by atoms with Crippen LogP contribution in [-0.4, -0.2) is 37.5 Å². The molecule has 2 heterocycles. The maximum absolute atomic E-state index is 5.84. The van der Waals surface area contributed by atoms with E-state index in [4.69, 9.17) is 9.47 Å². The van der Waals surface area contributed by atoms with Gasteiger partial charge in [0.25, 0.3) is 0 Å². The number of ether oxygens (including phenoxy) is 2. The first-order valence-corrected chi connectivity index (χ1v) is 7.56. The molecular formula is C15H29NO2. The van der Waals surface area contributed by atoms with Crippen molar-refractivity contribution in [3.8, 4) is 0 Å². The second-order valence-corrected chi connectivity index (χ2v) is 6.46. The Morgan fingerprint density at radius 2 is 1.83 bits per heavy atom. The topological polar surface area (TPSA) is 30.5 Å². The van der Waals surface area contributed by atoms with Crippen molar-refractivity contribution in [2.45, 2.75) is 71.3 Å². The Hall–Kier alpha value is -0.120. The third kappa shape index (κ3) is 3.69. The molecule has 2 fully saturated rings. The first-order valence-electron chi connectivity index (χ1n) is 7.56. The summed E-state index contributed by atoms with van der Waals surface area (Å²) in [5.74, 6) is 1.32. The lowest BCUT2D eigenvalue weighted by Crippen LogP contribution is -2.44. The summed E-state index contributed by atoms with van der Waals surface area (Å²) in [5.41, 5.74) is 0. The summed E-state index contributed by atoms with van der Waals surface area (Å²) >= 11 is 0. The van der Waals surface area contributed by atoms with Crippen LogP contribution in [0.4, 0.5) is 0 Å². The van der Waals surface area contributed by atoms with E-state index in [1.807, 2.05) is 0 Å². The molecular weight excluding hydrogens is 226 g/mol. The first kappa shape index (κ1) is 14.3. The van der Waals surface area contributed by atoms with E-state index in [2.05, 4.69) is 33.0 Å². The van der Waals surface area contributed by atoms with Crippen molar-refractivity contribution < 1.29 is 9.47 Å². The quantitative estimate of drug-likeness (QED) is 0.837. The summed E-state index contributed by atoms with van der Waals surface area (Å²) in [5, 5.41) is 3.75. The van der Waals surface area contributed by atoms with Crippen molar-refractivity contribution in [3.63, 3.8) is 0 Å². The van der Waals surface area contributed by atoms with Crippen molar-refractivity contribution in [3.05, 3.63) is 0 Å². The van der Waals surface area contributed by atoms with Crippen LogP contribution in [0.15, 0.2) is 0 Å². The molecule has 2 aliphatic rings. The SMILES string of the molecule is CC1CC(NC[C@H]2CCO[C@@H]2C(C)C)CC(C)O1. The summed E-state index contributed by atoms with van der Waals surface area (Å²) in [7, 11) is 0. The van der Waals surface area contributed by atoms with Gasteiger partial charge in [0, 0.05) is 19.2 Å². The van der Waals surface area contributed by atoms with E-state index in [0.717, 1.165) is 26.0 Å². The van der Waals surface area contributed by atoms with E-state index >= 15 is 0 Å². The molecule has 0 aromatic heterocycles. The van der Waals surface area contributed by atoms with Gasteiger partial charge in [-0.1, -0.05) is 13.8 Å². The Morgan fingerprint density at radius 3 is 2.44 bits per heavy atom. The van der Waals surface area contributed by atoms with E-state index in [0.29, 0.717) is 36.2 Å². The van der Waals surface area contributed by atoms with Crippen LogP contribution in [0, 0.1) is 11.8 Å². The molecule has 0 aromatic rings. The molecule has 0 spiro atoms. The second-order valence-electron chi connectivity index (χ2n) is 6.46. The Morgan fingerprint density at radius 1 is 1.17 bits per heavy atom. The summed E-state index contributed by atoms with van der Waals surface area (Å²) < 4.78 is 11.6. The monoisotopic (exact) mass is 255 g/mol. The van der Waals surface area contributed by atoms with Crippen LogP contribution in [0.1, 0.15) is 47.0 Å². The van der Waals surface area contributed by atoms with Gasteiger partial charge in [-0.2, -0.15) is 0 Å². The Labute approximate surface area is 112 Å². The maximum atomic E-state index is 5.84. The Bertz CT molecular complexity index is 247. The summed E-state index contributed by atoms with van der Waals surface area (Å²) in [6.07, 6.45) is 4.74. The minimum atomic E-state index is 0.395. The normalized spacial score (nSPS) is 41.5. The van der Waals surface area contributed by atoms with Crippen LogP contribution < -0.4 is 5.32 Å². The van der Waals surface area contributed by atoms with E-state index in [1.165, 1.54) is 6.42 Å². The van der Waals surface area contributed by atoms with Gasteiger partial charge in [0.2, 0.25) is 0 Å². The lowest BCUT2D eigenvalue weighted by atomic mass is 9.92. The lowest BCUT2D eigenvalue weighted by molar-refractivity contribution is -0.0430. The fourth-order valence-corrected chi connectivity index (χ4v) is 3.50. The highest BCUT2D eigenvalue weighted by atomic mass is 16.5. The molecule has 3 heteroatoms. The van der Waals surface area contributed by atoms with Crippen LogP contribution in [0.3, 0.4) is 0 Å². The summed E-state index contributed by atoms with van der Waals surface area (Å²) in [6, 6.07) is 0.622. The highest BCUT2D eigenvalue weighted by Crippen LogP contribution is 2.27. The number of nitrogens with one attached hydrogen (secondary N) is 1. The van der Waals surface area contributed by atoms with Gasteiger partial charge in [-0.3, -0.25) is 0 Å². The van der Waals surface area contributed by atoms with E-state index in [9.17, 15) is 0 Å². The smallest absolute Gasteiger partial charge is 0.0639 e. The van der Waals surface area contributed by atoms with Crippen molar-refractivity contribution in [2.24, 2.45) is 11.8 Å². The van der Waals surface area contributed by atoms with Gasteiger partial charge in [0.05, 0.1) is 18.3 Å². The molecule has 1 N–H and O–H groups in total. The van der Waals surface area contributed by atoms with Crippen molar-refractivity contribution in [1.29, 1.82) is 0 Å². The van der Waals surface area contributed by atoms with Crippen LogP contribution >= 0.6 is 0 Å². The third-order valence-electron chi connectivity index (χ3n) is 4.29. The van der Waals surface area contributed by atoms with Crippen LogP contribution in [0.2, 0.25) is 0 Å². The predicted octanol–water partition coefficient (Wildman–Crippen LogP) is 2.59. The fraction of sp³-hybridized carbons (Fsp3) is 1.00. The van der Waals surface area contributed by atoms with Crippen molar-refractivity contribution >= 4 is 0 Å². The molecule has 2 rings (SSSR count). The van der Waals surface area contributed by atoms with Gasteiger partial charge >= 0.3 is 0 Å². The number of hydrogen-bond donors (Lipinski definition) is 1. The van der Waals surface area contributed by atoms with E-state index < -0.39 is 0 Å². The molecule has 106 valence electrons. The molecule has 0 bridgehead atoms. The van der Waals surface area contributed by atoms with Crippen LogP contribution in [0.5, 0.6) is 0 Å². The molecule has 0 radical (unpaired) electrons. The molecule has 4 atom stereocenters. The van der Waals surface area contributed by atoms with Crippen molar-refractivity contribution in [2.75, 3.05) is 13.2 Å². The Balaban J connectivity index is 1.77. The second kappa shape index (κ2) is 6.36. The summed E-state index contributed by atoms with van der Waals surface area (Å²) in [4.78, 5) is 0. The molecule has 3 nitrogen and oxygen atoms in total. The Kier molecular flexibility index (Phi) is 5.05. The predicted molar refractivity (Wildman–Crippen MR) is 73.7 cm³/mol. The number of rotatable bonds is 4. The van der Waals surface area contributed by atoms with Gasteiger partial charge in [0.1, 0.15) is 0 Å². The zero-order valence-electron chi connectivity index (χ0n) is 12.3. The zero-order chi connectivity index (χ0) is 13.1. The molecule has 2 unspecified atom stereocenters. The molecule has 0 aliphatic carbocycles. The van der Waals surface area contributed by atoms with E-state index in [-0.39, 0.29) is 0 Å². The minimum Gasteiger partial charge on any atom is -0.378 e. The van der Waals surface area contributed by atoms with Gasteiger partial charge < -0.3 is 14.8 Å². The average Bonchev–Trinajstić information content (AvgIpc) is 2.73. The first-order chi connectivity index (χ1) is 8.56.